The molecule has 1 aromatic heterocycles. The van der Waals surface area contributed by atoms with E-state index >= 15 is 0 Å². The zero-order chi connectivity index (χ0) is 22.2. The number of ether oxygens (including phenoxy) is 2. The Morgan fingerprint density at radius 1 is 1.09 bits per heavy atom. The average Bonchev–Trinajstić information content (AvgIpc) is 3.44. The van der Waals surface area contributed by atoms with Gasteiger partial charge in [-0.15, -0.1) is 0 Å². The minimum Gasteiger partial charge on any atom is -0.454 e. The Kier molecular flexibility index (Phi) is 5.55. The summed E-state index contributed by atoms with van der Waals surface area (Å²) in [4.78, 5) is 32.6. The number of piperazine rings is 1. The molecule has 1 atom stereocenters. The highest BCUT2D eigenvalue weighted by molar-refractivity contribution is 5.97. The Bertz CT molecular complexity index is 1010. The molecule has 0 spiro atoms. The summed E-state index contributed by atoms with van der Waals surface area (Å²) in [5.74, 6) is 1.90. The van der Waals surface area contributed by atoms with Crippen molar-refractivity contribution in [3.8, 4) is 11.5 Å². The molecule has 3 aliphatic rings. The standard InChI is InChI=1S/C24H30N4O4/c1-17(2)13-28-20(15-27-7-3-4-19(27)24(28)30)23(29)26-10-8-25(9-11-26)14-18-5-6-21-22(12-18)32-16-31-21/h3-7,12,17,20H,8-11,13-16H2,1-2H3. The van der Waals surface area contributed by atoms with Crippen molar-refractivity contribution in [1.29, 1.82) is 0 Å². The molecule has 2 aromatic rings. The number of hydrogen-bond acceptors (Lipinski definition) is 5. The number of fused-ring (bicyclic) bond motifs is 2. The van der Waals surface area contributed by atoms with E-state index in [1.807, 2.05) is 39.9 Å². The van der Waals surface area contributed by atoms with E-state index in [1.165, 1.54) is 5.56 Å². The van der Waals surface area contributed by atoms with E-state index in [0.29, 0.717) is 37.8 Å². The van der Waals surface area contributed by atoms with Gasteiger partial charge in [0.05, 0.1) is 6.54 Å². The first-order valence-electron chi connectivity index (χ1n) is 11.4. The highest BCUT2D eigenvalue weighted by atomic mass is 16.7. The highest BCUT2D eigenvalue weighted by Gasteiger charge is 2.39. The van der Waals surface area contributed by atoms with Crippen LogP contribution in [-0.4, -0.2) is 76.6 Å². The number of amides is 2. The van der Waals surface area contributed by atoms with Crippen LogP contribution < -0.4 is 9.47 Å². The van der Waals surface area contributed by atoms with Crippen molar-refractivity contribution in [3.63, 3.8) is 0 Å². The van der Waals surface area contributed by atoms with Gasteiger partial charge in [0, 0.05) is 45.5 Å². The van der Waals surface area contributed by atoms with E-state index in [0.717, 1.165) is 31.1 Å². The van der Waals surface area contributed by atoms with Crippen LogP contribution in [-0.2, 0) is 17.9 Å². The van der Waals surface area contributed by atoms with Crippen LogP contribution in [0.5, 0.6) is 11.5 Å². The van der Waals surface area contributed by atoms with Crippen molar-refractivity contribution < 1.29 is 19.1 Å². The van der Waals surface area contributed by atoms with Crippen LogP contribution in [0.1, 0.15) is 29.9 Å². The normalized spacial score (nSPS) is 20.7. The Balaban J connectivity index is 1.23. The molecule has 1 saturated heterocycles. The maximum atomic E-state index is 13.5. The van der Waals surface area contributed by atoms with E-state index in [4.69, 9.17) is 9.47 Å². The molecule has 0 bridgehead atoms. The fourth-order valence-corrected chi connectivity index (χ4v) is 4.79. The lowest BCUT2D eigenvalue weighted by Crippen LogP contribution is -2.59. The molecule has 170 valence electrons. The molecule has 8 nitrogen and oxygen atoms in total. The van der Waals surface area contributed by atoms with Crippen molar-refractivity contribution in [2.75, 3.05) is 39.5 Å². The minimum absolute atomic E-state index is 0.0465. The first-order valence-corrected chi connectivity index (χ1v) is 11.4. The van der Waals surface area contributed by atoms with E-state index < -0.39 is 6.04 Å². The van der Waals surface area contributed by atoms with Gasteiger partial charge in [-0.1, -0.05) is 19.9 Å². The van der Waals surface area contributed by atoms with Crippen LogP contribution in [0.4, 0.5) is 0 Å². The zero-order valence-corrected chi connectivity index (χ0v) is 18.7. The van der Waals surface area contributed by atoms with E-state index in [2.05, 4.69) is 24.8 Å². The Labute approximate surface area is 188 Å². The van der Waals surface area contributed by atoms with Crippen molar-refractivity contribution in [1.82, 2.24) is 19.3 Å². The molecule has 5 rings (SSSR count). The second-order valence-electron chi connectivity index (χ2n) is 9.20. The summed E-state index contributed by atoms with van der Waals surface area (Å²) in [5, 5.41) is 0. The molecule has 0 N–H and O–H groups in total. The Morgan fingerprint density at radius 3 is 2.66 bits per heavy atom. The van der Waals surface area contributed by atoms with Crippen LogP contribution >= 0.6 is 0 Å². The number of hydrogen-bond donors (Lipinski definition) is 0. The maximum absolute atomic E-state index is 13.5. The van der Waals surface area contributed by atoms with Crippen molar-refractivity contribution in [2.24, 2.45) is 5.92 Å². The lowest BCUT2D eigenvalue weighted by molar-refractivity contribution is -0.139. The van der Waals surface area contributed by atoms with Gasteiger partial charge in [-0.25, -0.2) is 0 Å². The van der Waals surface area contributed by atoms with Gasteiger partial charge in [-0.2, -0.15) is 0 Å². The van der Waals surface area contributed by atoms with Crippen molar-refractivity contribution in [3.05, 3.63) is 47.8 Å². The summed E-state index contributed by atoms with van der Waals surface area (Å²) in [7, 11) is 0. The van der Waals surface area contributed by atoms with Gasteiger partial charge in [0.1, 0.15) is 11.7 Å². The van der Waals surface area contributed by atoms with Crippen LogP contribution in [0.3, 0.4) is 0 Å². The zero-order valence-electron chi connectivity index (χ0n) is 18.7. The summed E-state index contributed by atoms with van der Waals surface area (Å²) in [6.07, 6.45) is 1.89. The molecule has 3 aliphatic heterocycles. The largest absolute Gasteiger partial charge is 0.454 e. The third-order valence-corrected chi connectivity index (χ3v) is 6.43. The Hall–Kier alpha value is -3.00. The monoisotopic (exact) mass is 438 g/mol. The molecule has 1 fully saturated rings. The molecule has 0 radical (unpaired) electrons. The molecule has 4 heterocycles. The fourth-order valence-electron chi connectivity index (χ4n) is 4.79. The van der Waals surface area contributed by atoms with Crippen molar-refractivity contribution in [2.45, 2.75) is 33.0 Å². The minimum atomic E-state index is -0.440. The maximum Gasteiger partial charge on any atom is 0.271 e. The number of rotatable bonds is 5. The Morgan fingerprint density at radius 2 is 1.88 bits per heavy atom. The predicted octanol–water partition coefficient (Wildman–Crippen LogP) is 2.04. The summed E-state index contributed by atoms with van der Waals surface area (Å²) >= 11 is 0. The topological polar surface area (TPSA) is 67.3 Å². The molecule has 1 aromatic carbocycles. The quantitative estimate of drug-likeness (QED) is 0.715. The van der Waals surface area contributed by atoms with Crippen molar-refractivity contribution >= 4 is 11.8 Å². The number of benzene rings is 1. The third-order valence-electron chi connectivity index (χ3n) is 6.43. The van der Waals surface area contributed by atoms with Crippen LogP contribution in [0.15, 0.2) is 36.5 Å². The number of carbonyl (C=O) groups is 2. The van der Waals surface area contributed by atoms with Gasteiger partial charge >= 0.3 is 0 Å². The first kappa shape index (κ1) is 20.9. The molecule has 2 amide bonds. The second-order valence-corrected chi connectivity index (χ2v) is 9.20. The number of aromatic nitrogens is 1. The predicted molar refractivity (Wildman–Crippen MR) is 119 cm³/mol. The highest BCUT2D eigenvalue weighted by Crippen LogP contribution is 2.33. The lowest BCUT2D eigenvalue weighted by atomic mass is 10.1. The first-order chi connectivity index (χ1) is 15.5. The van der Waals surface area contributed by atoms with E-state index in [1.54, 1.807) is 4.90 Å². The third kappa shape index (κ3) is 3.95. The molecular formula is C24H30N4O4. The number of nitrogens with zero attached hydrogens (tertiary/aromatic N) is 4. The number of carbonyl (C=O) groups excluding carboxylic acids is 2. The summed E-state index contributed by atoms with van der Waals surface area (Å²) < 4.78 is 12.8. The second kappa shape index (κ2) is 8.50. The molecule has 0 aliphatic carbocycles. The van der Waals surface area contributed by atoms with Gasteiger partial charge in [0.25, 0.3) is 5.91 Å². The van der Waals surface area contributed by atoms with Gasteiger partial charge in [0.2, 0.25) is 12.7 Å². The SMILES string of the molecule is CC(C)CN1C(=O)c2cccn2CC1C(=O)N1CCN(Cc2ccc3c(c2)OCO3)CC1. The fraction of sp³-hybridized carbons (Fsp3) is 0.500. The van der Waals surface area contributed by atoms with Gasteiger partial charge in [-0.05, 0) is 35.7 Å². The summed E-state index contributed by atoms with van der Waals surface area (Å²) in [6.45, 7) is 9.31. The summed E-state index contributed by atoms with van der Waals surface area (Å²) in [5.41, 5.74) is 1.85. The van der Waals surface area contributed by atoms with Gasteiger partial charge < -0.3 is 23.8 Å². The average molecular weight is 439 g/mol. The molecule has 32 heavy (non-hydrogen) atoms. The molecule has 0 saturated carbocycles. The van der Waals surface area contributed by atoms with Gasteiger partial charge in [0.15, 0.2) is 11.5 Å². The van der Waals surface area contributed by atoms with E-state index in [9.17, 15) is 9.59 Å². The molecular weight excluding hydrogens is 408 g/mol. The molecule has 1 unspecified atom stereocenters. The molecule has 8 heteroatoms. The smallest absolute Gasteiger partial charge is 0.271 e. The van der Waals surface area contributed by atoms with Crippen LogP contribution in [0, 0.1) is 5.92 Å². The van der Waals surface area contributed by atoms with Crippen LogP contribution in [0.2, 0.25) is 0 Å². The van der Waals surface area contributed by atoms with E-state index in [-0.39, 0.29) is 18.6 Å². The summed E-state index contributed by atoms with van der Waals surface area (Å²) in [6, 6.07) is 9.33. The van der Waals surface area contributed by atoms with Gasteiger partial charge in [-0.3, -0.25) is 14.5 Å². The van der Waals surface area contributed by atoms with Crippen LogP contribution in [0.25, 0.3) is 0 Å². The lowest BCUT2D eigenvalue weighted by Gasteiger charge is -2.41.